The fourth-order valence-electron chi connectivity index (χ4n) is 1.34. The number of sulfonamides is 1. The molecule has 0 saturated heterocycles. The summed E-state index contributed by atoms with van der Waals surface area (Å²) in [7, 11) is -1.80. The zero-order valence-electron chi connectivity index (χ0n) is 9.29. The number of aromatic nitrogens is 4. The molecule has 0 aliphatic heterocycles. The van der Waals surface area contributed by atoms with Gasteiger partial charge in [0.1, 0.15) is 5.82 Å². The first-order valence-electron chi connectivity index (χ1n) is 5.04. The standard InChI is InChI=1S/C9H13N5O2S/c1-14-6-9(12-7-14)17(15,16)13-3-2-8-10-4-5-11-8/h4-7,13H,2-3H2,1H3,(H,10,11). The van der Waals surface area contributed by atoms with Crippen LogP contribution in [0.15, 0.2) is 29.9 Å². The van der Waals surface area contributed by atoms with Crippen LogP contribution in [0.2, 0.25) is 0 Å². The Morgan fingerprint density at radius 1 is 1.47 bits per heavy atom. The van der Waals surface area contributed by atoms with E-state index in [2.05, 4.69) is 19.7 Å². The molecule has 2 N–H and O–H groups in total. The maximum atomic E-state index is 11.8. The Morgan fingerprint density at radius 3 is 2.88 bits per heavy atom. The number of hydrogen-bond donors (Lipinski definition) is 2. The van der Waals surface area contributed by atoms with E-state index in [-0.39, 0.29) is 11.6 Å². The topological polar surface area (TPSA) is 92.7 Å². The molecule has 92 valence electrons. The van der Waals surface area contributed by atoms with Gasteiger partial charge >= 0.3 is 0 Å². The third-order valence-corrected chi connectivity index (χ3v) is 3.51. The molecule has 0 unspecified atom stereocenters. The summed E-state index contributed by atoms with van der Waals surface area (Å²) in [6, 6.07) is 0. The molecule has 0 saturated carbocycles. The molecule has 0 aliphatic rings. The Bertz CT molecular complexity index is 572. The lowest BCUT2D eigenvalue weighted by molar-refractivity contribution is 0.577. The number of nitrogens with one attached hydrogen (secondary N) is 2. The van der Waals surface area contributed by atoms with E-state index in [4.69, 9.17) is 0 Å². The minimum Gasteiger partial charge on any atom is -0.349 e. The maximum Gasteiger partial charge on any atom is 0.259 e. The number of nitrogens with zero attached hydrogens (tertiary/aromatic N) is 3. The molecule has 2 aromatic rings. The molecule has 0 bridgehead atoms. The Labute approximate surface area is 99.0 Å². The van der Waals surface area contributed by atoms with Crippen molar-refractivity contribution in [1.82, 2.24) is 24.2 Å². The Hall–Kier alpha value is -1.67. The van der Waals surface area contributed by atoms with E-state index < -0.39 is 10.0 Å². The van der Waals surface area contributed by atoms with Gasteiger partial charge in [0, 0.05) is 38.6 Å². The van der Waals surface area contributed by atoms with Crippen molar-refractivity contribution in [3.63, 3.8) is 0 Å². The van der Waals surface area contributed by atoms with Crippen LogP contribution in [0.1, 0.15) is 5.82 Å². The lowest BCUT2D eigenvalue weighted by Crippen LogP contribution is -2.26. The third kappa shape index (κ3) is 2.92. The molecule has 0 atom stereocenters. The van der Waals surface area contributed by atoms with Gasteiger partial charge in [-0.05, 0) is 0 Å². The van der Waals surface area contributed by atoms with E-state index >= 15 is 0 Å². The summed E-state index contributed by atoms with van der Waals surface area (Å²) in [5, 5.41) is 0.0273. The highest BCUT2D eigenvalue weighted by molar-refractivity contribution is 7.89. The smallest absolute Gasteiger partial charge is 0.259 e. The van der Waals surface area contributed by atoms with Crippen LogP contribution in [-0.4, -0.2) is 34.5 Å². The molecule has 0 fully saturated rings. The van der Waals surface area contributed by atoms with E-state index in [0.717, 1.165) is 5.82 Å². The van der Waals surface area contributed by atoms with Crippen molar-refractivity contribution < 1.29 is 8.42 Å². The number of aryl methyl sites for hydroxylation is 1. The molecule has 2 heterocycles. The van der Waals surface area contributed by atoms with Gasteiger partial charge in [-0.3, -0.25) is 0 Å². The second kappa shape index (κ2) is 4.68. The summed E-state index contributed by atoms with van der Waals surface area (Å²) >= 11 is 0. The minimum atomic E-state index is -3.52. The summed E-state index contributed by atoms with van der Waals surface area (Å²) in [4.78, 5) is 10.7. The fourth-order valence-corrected chi connectivity index (χ4v) is 2.35. The second-order valence-electron chi connectivity index (χ2n) is 3.56. The van der Waals surface area contributed by atoms with Crippen LogP contribution < -0.4 is 4.72 Å². The van der Waals surface area contributed by atoms with Crippen molar-refractivity contribution in [3.8, 4) is 0 Å². The average Bonchev–Trinajstić information content (AvgIpc) is 2.89. The van der Waals surface area contributed by atoms with Crippen LogP contribution in [0, 0.1) is 0 Å². The molecule has 0 radical (unpaired) electrons. The van der Waals surface area contributed by atoms with Gasteiger partial charge in [-0.2, -0.15) is 0 Å². The lowest BCUT2D eigenvalue weighted by atomic mass is 10.4. The van der Waals surface area contributed by atoms with E-state index in [1.807, 2.05) is 0 Å². The lowest BCUT2D eigenvalue weighted by Gasteiger charge is -2.02. The number of H-pyrrole nitrogens is 1. The van der Waals surface area contributed by atoms with Gasteiger partial charge in [-0.15, -0.1) is 0 Å². The number of hydrogen-bond acceptors (Lipinski definition) is 4. The fraction of sp³-hybridized carbons (Fsp3) is 0.333. The largest absolute Gasteiger partial charge is 0.349 e. The highest BCUT2D eigenvalue weighted by atomic mass is 32.2. The van der Waals surface area contributed by atoms with Gasteiger partial charge in [0.05, 0.1) is 6.33 Å². The third-order valence-electron chi connectivity index (χ3n) is 2.17. The van der Waals surface area contributed by atoms with Crippen LogP contribution in [-0.2, 0) is 23.5 Å². The molecule has 2 aromatic heterocycles. The molecule has 8 heteroatoms. The number of imidazole rings is 2. The van der Waals surface area contributed by atoms with Gasteiger partial charge in [-0.25, -0.2) is 23.1 Å². The summed E-state index contributed by atoms with van der Waals surface area (Å²) in [6.45, 7) is 0.284. The Morgan fingerprint density at radius 2 is 2.29 bits per heavy atom. The van der Waals surface area contributed by atoms with Crippen molar-refractivity contribution in [2.24, 2.45) is 7.05 Å². The van der Waals surface area contributed by atoms with Crippen molar-refractivity contribution in [2.45, 2.75) is 11.4 Å². The summed E-state index contributed by atoms with van der Waals surface area (Å²) in [5.41, 5.74) is 0. The van der Waals surface area contributed by atoms with Gasteiger partial charge in [0.15, 0.2) is 5.03 Å². The average molecular weight is 255 g/mol. The quantitative estimate of drug-likeness (QED) is 0.764. The Balaban J connectivity index is 1.94. The van der Waals surface area contributed by atoms with Crippen molar-refractivity contribution >= 4 is 10.0 Å². The van der Waals surface area contributed by atoms with E-state index in [1.165, 1.54) is 12.5 Å². The second-order valence-corrected chi connectivity index (χ2v) is 5.27. The minimum absolute atomic E-state index is 0.0273. The van der Waals surface area contributed by atoms with E-state index in [1.54, 1.807) is 24.0 Å². The molecule has 17 heavy (non-hydrogen) atoms. The van der Waals surface area contributed by atoms with Crippen LogP contribution in [0.3, 0.4) is 0 Å². The summed E-state index contributed by atoms with van der Waals surface area (Å²) < 4.78 is 27.6. The normalized spacial score (nSPS) is 11.8. The first-order chi connectivity index (χ1) is 8.08. The zero-order valence-corrected chi connectivity index (χ0v) is 10.1. The number of aromatic amines is 1. The van der Waals surface area contributed by atoms with Gasteiger partial charge < -0.3 is 9.55 Å². The van der Waals surface area contributed by atoms with Crippen molar-refractivity contribution in [2.75, 3.05) is 6.54 Å². The van der Waals surface area contributed by atoms with Crippen LogP contribution in [0.5, 0.6) is 0 Å². The highest BCUT2D eigenvalue weighted by Gasteiger charge is 2.16. The summed E-state index contributed by atoms with van der Waals surface area (Å²) in [5.74, 6) is 0.744. The first kappa shape index (κ1) is 11.8. The van der Waals surface area contributed by atoms with E-state index in [0.29, 0.717) is 6.42 Å². The van der Waals surface area contributed by atoms with Crippen LogP contribution >= 0.6 is 0 Å². The highest BCUT2D eigenvalue weighted by Crippen LogP contribution is 2.03. The molecule has 7 nitrogen and oxygen atoms in total. The van der Waals surface area contributed by atoms with Crippen molar-refractivity contribution in [3.05, 3.63) is 30.7 Å². The molecule has 2 rings (SSSR count). The molecular formula is C9H13N5O2S. The van der Waals surface area contributed by atoms with E-state index in [9.17, 15) is 8.42 Å². The first-order valence-corrected chi connectivity index (χ1v) is 6.52. The maximum absolute atomic E-state index is 11.8. The predicted molar refractivity (Wildman–Crippen MR) is 60.7 cm³/mol. The SMILES string of the molecule is Cn1cnc(S(=O)(=O)NCCc2ncc[nH]2)c1. The molecule has 0 aliphatic carbocycles. The molecule has 0 aromatic carbocycles. The van der Waals surface area contributed by atoms with Crippen LogP contribution in [0.25, 0.3) is 0 Å². The number of rotatable bonds is 5. The van der Waals surface area contributed by atoms with Crippen LogP contribution in [0.4, 0.5) is 0 Å². The van der Waals surface area contributed by atoms with Gasteiger partial charge in [0.2, 0.25) is 0 Å². The molecule has 0 amide bonds. The van der Waals surface area contributed by atoms with Crippen molar-refractivity contribution in [1.29, 1.82) is 0 Å². The molecule has 0 spiro atoms. The predicted octanol–water partition coefficient (Wildman–Crippen LogP) is -0.336. The Kier molecular flexibility index (Phi) is 3.25. The monoisotopic (exact) mass is 255 g/mol. The summed E-state index contributed by atoms with van der Waals surface area (Å²) in [6.07, 6.45) is 6.74. The van der Waals surface area contributed by atoms with Gasteiger partial charge in [0.25, 0.3) is 10.0 Å². The van der Waals surface area contributed by atoms with Gasteiger partial charge in [-0.1, -0.05) is 0 Å². The molecular weight excluding hydrogens is 242 g/mol. The zero-order chi connectivity index (χ0) is 12.3.